The number of amides is 7. The average Bonchev–Trinajstić information content (AvgIpc) is 3.95. The third-order valence-corrected chi connectivity index (χ3v) is 14.1. The van der Waals surface area contributed by atoms with Gasteiger partial charge in [0.1, 0.15) is 60.3 Å². The van der Waals surface area contributed by atoms with E-state index in [1.54, 1.807) is 0 Å². The molecule has 2 unspecified atom stereocenters. The van der Waals surface area contributed by atoms with Gasteiger partial charge in [0.05, 0.1) is 24.4 Å². The molecule has 0 saturated carbocycles. The lowest BCUT2D eigenvalue weighted by molar-refractivity contribution is -0.148. The van der Waals surface area contributed by atoms with Crippen LogP contribution in [0.25, 0.3) is 0 Å². The number of aromatic hydroxyl groups is 1. The summed E-state index contributed by atoms with van der Waals surface area (Å²) in [5, 5.41) is 110. The number of aliphatic hydroxyl groups is 8. The molecule has 412 valence electrons. The number of carbonyl (C=O) groups excluding carboxylic acids is 7. The van der Waals surface area contributed by atoms with Gasteiger partial charge in [-0.1, -0.05) is 77.8 Å². The van der Waals surface area contributed by atoms with Gasteiger partial charge in [-0.3, -0.25) is 33.6 Å². The summed E-state index contributed by atoms with van der Waals surface area (Å²) in [6, 6.07) is -6.81. The van der Waals surface area contributed by atoms with Gasteiger partial charge in [-0.15, -0.1) is 0 Å². The lowest BCUT2D eigenvalue weighted by Gasteiger charge is -2.34. The van der Waals surface area contributed by atoms with Gasteiger partial charge >= 0.3 is 0 Å². The average molecular weight is 1040 g/mol. The van der Waals surface area contributed by atoms with Crippen LogP contribution in [0.3, 0.4) is 0 Å². The SMILES string of the molecule is CCC(C)CC(C)CCCCCCCCC(=O)N[C@H]1C[C@@H](O)[C@@H](O)NC(=O)[C@@H]2[C@@H](O)CCN2C(=O)[C@H]([C@H](O)CN)NC(=O)[C@H]([C@H](O)[C@@H](O)c2ccc(O)cc2)NC(=O)[C@@H]2C[C@@H](O)CN2C(=O)[C@H]([C@@H](C)O)NC1=O. The number of nitrogens with one attached hydrogen (secondary N) is 5. The molecule has 73 heavy (non-hydrogen) atoms. The second-order valence-corrected chi connectivity index (χ2v) is 20.1. The zero-order valence-electron chi connectivity index (χ0n) is 42.2. The number of carbonyl (C=O) groups is 7. The Balaban J connectivity index is 1.66. The number of phenols is 1. The van der Waals surface area contributed by atoms with Crippen molar-refractivity contribution in [3.8, 4) is 5.75 Å². The molecular weight excluding hydrogens is 957 g/mol. The van der Waals surface area contributed by atoms with Gasteiger partial charge in [-0.2, -0.15) is 0 Å². The maximum Gasteiger partial charge on any atom is 0.248 e. The number of fused-ring (bicyclic) bond motifs is 2. The highest BCUT2D eigenvalue weighted by molar-refractivity contribution is 5.98. The van der Waals surface area contributed by atoms with Crippen LogP contribution in [0, 0.1) is 11.8 Å². The Kier molecular flexibility index (Phi) is 23.7. The van der Waals surface area contributed by atoms with Crippen LogP contribution < -0.4 is 32.3 Å². The van der Waals surface area contributed by atoms with Crippen LogP contribution in [0.2, 0.25) is 0 Å². The molecule has 0 spiro atoms. The number of phenolic OH excluding ortho intramolecular Hbond substituents is 1. The van der Waals surface area contributed by atoms with Gasteiger partial charge in [0.15, 0.2) is 6.23 Å². The van der Waals surface area contributed by atoms with Gasteiger partial charge in [0.25, 0.3) is 0 Å². The topological polar surface area (TPSA) is 394 Å². The summed E-state index contributed by atoms with van der Waals surface area (Å²) < 4.78 is 0. The van der Waals surface area contributed by atoms with Crippen LogP contribution in [0.15, 0.2) is 24.3 Å². The molecule has 7 amide bonds. The Morgan fingerprint density at radius 2 is 1.33 bits per heavy atom. The summed E-state index contributed by atoms with van der Waals surface area (Å²) in [5.74, 6) is -6.97. The lowest BCUT2D eigenvalue weighted by atomic mass is 9.91. The molecule has 3 aliphatic rings. The molecule has 3 saturated heterocycles. The molecule has 24 heteroatoms. The monoisotopic (exact) mass is 1040 g/mol. The van der Waals surface area contributed by atoms with E-state index in [1.807, 2.05) is 0 Å². The van der Waals surface area contributed by atoms with Crippen molar-refractivity contribution in [2.45, 2.75) is 196 Å². The summed E-state index contributed by atoms with van der Waals surface area (Å²) in [7, 11) is 0. The van der Waals surface area contributed by atoms with Gasteiger partial charge in [0, 0.05) is 38.9 Å². The minimum absolute atomic E-state index is 0.0609. The molecule has 16 atom stereocenters. The van der Waals surface area contributed by atoms with Crippen molar-refractivity contribution in [1.82, 2.24) is 36.4 Å². The molecule has 3 heterocycles. The van der Waals surface area contributed by atoms with Crippen LogP contribution in [-0.2, 0) is 33.6 Å². The number of benzene rings is 1. The van der Waals surface area contributed by atoms with Gasteiger partial charge in [-0.25, -0.2) is 0 Å². The minimum Gasteiger partial charge on any atom is -0.508 e. The second kappa shape index (κ2) is 28.6. The van der Waals surface area contributed by atoms with Crippen molar-refractivity contribution < 1.29 is 79.5 Å². The van der Waals surface area contributed by atoms with Crippen molar-refractivity contribution in [3.05, 3.63) is 29.8 Å². The van der Waals surface area contributed by atoms with Crippen molar-refractivity contribution in [2.75, 3.05) is 19.6 Å². The summed E-state index contributed by atoms with van der Waals surface area (Å²) in [6.45, 7) is 6.20. The molecule has 3 fully saturated rings. The second-order valence-electron chi connectivity index (χ2n) is 20.1. The van der Waals surface area contributed by atoms with E-state index in [-0.39, 0.29) is 30.7 Å². The highest BCUT2D eigenvalue weighted by atomic mass is 16.3. The quantitative estimate of drug-likeness (QED) is 0.0605. The predicted molar refractivity (Wildman–Crippen MR) is 261 cm³/mol. The fraction of sp³-hybridized carbons (Fsp3) is 0.735. The highest BCUT2D eigenvalue weighted by Gasteiger charge is 2.48. The van der Waals surface area contributed by atoms with Gasteiger partial charge < -0.3 is 88.1 Å². The molecule has 3 aliphatic heterocycles. The number of unbranched alkanes of at least 4 members (excludes halogenated alkanes) is 5. The van der Waals surface area contributed by atoms with E-state index in [0.29, 0.717) is 24.7 Å². The van der Waals surface area contributed by atoms with E-state index in [1.165, 1.54) is 18.6 Å². The predicted octanol–water partition coefficient (Wildman–Crippen LogP) is -3.26. The van der Waals surface area contributed by atoms with Crippen molar-refractivity contribution in [1.29, 1.82) is 0 Å². The first-order valence-corrected chi connectivity index (χ1v) is 25.5. The fourth-order valence-corrected chi connectivity index (χ4v) is 9.61. The van der Waals surface area contributed by atoms with Crippen LogP contribution in [0.5, 0.6) is 5.75 Å². The van der Waals surface area contributed by atoms with Crippen molar-refractivity contribution >= 4 is 41.4 Å². The molecule has 0 aromatic heterocycles. The lowest BCUT2D eigenvalue weighted by Crippen LogP contribution is -2.65. The fourth-order valence-electron chi connectivity index (χ4n) is 9.61. The largest absolute Gasteiger partial charge is 0.508 e. The molecule has 24 nitrogen and oxygen atoms in total. The molecular formula is C49H80N8O16. The number of hydrogen-bond acceptors (Lipinski definition) is 17. The van der Waals surface area contributed by atoms with Crippen molar-refractivity contribution in [2.24, 2.45) is 17.6 Å². The number of nitrogens with zero attached hydrogens (tertiary/aromatic N) is 2. The zero-order valence-corrected chi connectivity index (χ0v) is 42.2. The van der Waals surface area contributed by atoms with Crippen LogP contribution in [0.4, 0.5) is 0 Å². The first-order chi connectivity index (χ1) is 34.5. The number of hydrogen-bond donors (Lipinski definition) is 15. The Bertz CT molecular complexity index is 2000. The first kappa shape index (κ1) is 60.5. The number of nitrogens with two attached hydrogens (primary N) is 1. The minimum atomic E-state index is -2.30. The molecule has 1 aromatic carbocycles. The maximum atomic E-state index is 14.3. The van der Waals surface area contributed by atoms with E-state index in [4.69, 9.17) is 5.73 Å². The molecule has 0 aliphatic carbocycles. The molecule has 4 rings (SSSR count). The molecule has 16 N–H and O–H groups in total. The standard InChI is InChI=1S/C49H80N8O16/c1-5-25(2)20-26(3)12-10-8-6-7-9-11-13-36(64)51-31-22-34(62)45(69)55-47(71)40-33(61)18-19-56(40)49(73)38(35(63)23-50)53-46(70)39(42(66)41(65)28-14-16-29(59)17-15-28)54-44(68)32-21-30(60)24-57(32)48(72)37(27(4)58)52-43(31)67/h14-17,25-27,30-35,37-42,45,58-63,65-66,69H,5-13,18-24,50H2,1-4H3,(H,51,64)(H,52,67)(H,53,70)(H,54,68)(H,55,71)/t25?,26?,27-,30-,31+,32+,33+,34-,35-,37+,38+,39+,40+,41+,42+,45-/m1/s1. The third kappa shape index (κ3) is 17.0. The normalized spacial score (nSPS) is 29.5. The number of aliphatic hydroxyl groups excluding tert-OH is 8. The Morgan fingerprint density at radius 1 is 0.726 bits per heavy atom. The first-order valence-electron chi connectivity index (χ1n) is 25.5. The Labute approximate surface area is 425 Å². The summed E-state index contributed by atoms with van der Waals surface area (Å²) in [4.78, 5) is 99.9. The van der Waals surface area contributed by atoms with E-state index >= 15 is 0 Å². The number of rotatable bonds is 19. The molecule has 0 radical (unpaired) electrons. The zero-order chi connectivity index (χ0) is 54.3. The summed E-state index contributed by atoms with van der Waals surface area (Å²) >= 11 is 0. The van der Waals surface area contributed by atoms with Gasteiger partial charge in [-0.05, 0) is 55.7 Å². The summed E-state index contributed by atoms with van der Waals surface area (Å²) in [5.41, 5.74) is 5.65. The highest BCUT2D eigenvalue weighted by Crippen LogP contribution is 2.26. The van der Waals surface area contributed by atoms with E-state index in [2.05, 4.69) is 47.4 Å². The maximum absolute atomic E-state index is 14.3. The van der Waals surface area contributed by atoms with E-state index < -0.39 is 152 Å². The Morgan fingerprint density at radius 3 is 1.96 bits per heavy atom. The molecule has 1 aromatic rings. The third-order valence-electron chi connectivity index (χ3n) is 14.1. The Hall–Kier alpha value is -5.05. The van der Waals surface area contributed by atoms with E-state index in [0.717, 1.165) is 67.4 Å². The van der Waals surface area contributed by atoms with Crippen LogP contribution in [-0.4, -0.2) is 196 Å². The van der Waals surface area contributed by atoms with Crippen LogP contribution in [0.1, 0.15) is 123 Å². The van der Waals surface area contributed by atoms with Gasteiger partial charge in [0.2, 0.25) is 41.4 Å². The summed E-state index contributed by atoms with van der Waals surface area (Å²) in [6.07, 6.45) is -8.31. The van der Waals surface area contributed by atoms with E-state index in [9.17, 15) is 79.5 Å². The van der Waals surface area contributed by atoms with Crippen molar-refractivity contribution in [3.63, 3.8) is 0 Å². The smallest absolute Gasteiger partial charge is 0.248 e. The molecule has 0 bridgehead atoms. The van der Waals surface area contributed by atoms with Crippen LogP contribution >= 0.6 is 0 Å².